The maximum Gasteiger partial charge on any atom is 0.305 e. The van der Waals surface area contributed by atoms with Crippen molar-refractivity contribution in [2.24, 2.45) is 0 Å². The number of hydrogen-bond acceptors (Lipinski definition) is 3. The normalized spacial score (nSPS) is 20.9. The number of nitrogens with zero attached hydrogens (tertiary/aromatic N) is 1. The van der Waals surface area contributed by atoms with Crippen LogP contribution in [0, 0.1) is 0 Å². The van der Waals surface area contributed by atoms with Crippen molar-refractivity contribution in [2.45, 2.75) is 82.9 Å². The molecule has 4 heteroatoms. The molecule has 1 rings (SSSR count). The molecule has 0 aromatic rings. The van der Waals surface area contributed by atoms with Gasteiger partial charge in [-0.3, -0.25) is 9.69 Å². The van der Waals surface area contributed by atoms with E-state index in [0.717, 1.165) is 32.1 Å². The molecule has 20 heavy (non-hydrogen) atoms. The molecule has 118 valence electrons. The van der Waals surface area contributed by atoms with E-state index in [1.807, 2.05) is 0 Å². The number of carboxylic acids is 1. The zero-order chi connectivity index (χ0) is 15.4. The van der Waals surface area contributed by atoms with Gasteiger partial charge < -0.3 is 9.84 Å². The number of aliphatic carboxylic acids is 1. The summed E-state index contributed by atoms with van der Waals surface area (Å²) >= 11 is 0. The molecular formula is C16H31NO3. The quantitative estimate of drug-likeness (QED) is 0.779. The number of ether oxygens (including phenoxy) is 1. The highest BCUT2D eigenvalue weighted by molar-refractivity contribution is 5.68. The lowest BCUT2D eigenvalue weighted by Crippen LogP contribution is -2.54. The summed E-state index contributed by atoms with van der Waals surface area (Å²) in [4.78, 5) is 13.6. The van der Waals surface area contributed by atoms with Gasteiger partial charge in [0.1, 0.15) is 0 Å². The lowest BCUT2D eigenvalue weighted by molar-refractivity contribution is -0.142. The van der Waals surface area contributed by atoms with Gasteiger partial charge in [-0.15, -0.1) is 0 Å². The maximum atomic E-state index is 11.3. The molecule has 1 saturated carbocycles. The van der Waals surface area contributed by atoms with Gasteiger partial charge >= 0.3 is 5.97 Å². The van der Waals surface area contributed by atoms with Crippen molar-refractivity contribution in [2.75, 3.05) is 14.2 Å². The predicted octanol–water partition coefficient (Wildman–Crippen LogP) is 3.30. The Morgan fingerprint density at radius 3 is 2.35 bits per heavy atom. The molecule has 0 spiro atoms. The molecule has 1 aliphatic carbocycles. The topological polar surface area (TPSA) is 49.8 Å². The Labute approximate surface area is 123 Å². The van der Waals surface area contributed by atoms with E-state index in [4.69, 9.17) is 4.74 Å². The second kappa shape index (κ2) is 6.90. The van der Waals surface area contributed by atoms with Crippen LogP contribution in [0.4, 0.5) is 0 Å². The van der Waals surface area contributed by atoms with E-state index in [0.29, 0.717) is 6.04 Å². The molecule has 4 nitrogen and oxygen atoms in total. The van der Waals surface area contributed by atoms with Crippen LogP contribution in [-0.2, 0) is 9.53 Å². The van der Waals surface area contributed by atoms with Crippen LogP contribution >= 0.6 is 0 Å². The van der Waals surface area contributed by atoms with Crippen LogP contribution in [-0.4, -0.2) is 47.3 Å². The summed E-state index contributed by atoms with van der Waals surface area (Å²) in [5, 5.41) is 9.29. The van der Waals surface area contributed by atoms with Gasteiger partial charge in [0.25, 0.3) is 0 Å². The van der Waals surface area contributed by atoms with Crippen molar-refractivity contribution in [1.82, 2.24) is 4.90 Å². The molecule has 1 N–H and O–H groups in total. The molecule has 1 atom stereocenters. The standard InChI is InChI=1S/C16H31NO3/c1-13(11-15(2,3)20-5)17(4)16(12-14(18)19)9-7-6-8-10-16/h13H,6-12H2,1-5H3,(H,18,19). The zero-order valence-electron chi connectivity index (χ0n) is 13.7. The fourth-order valence-electron chi connectivity index (χ4n) is 3.54. The number of rotatable bonds is 7. The van der Waals surface area contributed by atoms with Gasteiger partial charge in [0.2, 0.25) is 0 Å². The van der Waals surface area contributed by atoms with E-state index in [-0.39, 0.29) is 17.6 Å². The Bertz CT molecular complexity index is 322. The first kappa shape index (κ1) is 17.4. The summed E-state index contributed by atoms with van der Waals surface area (Å²) < 4.78 is 5.52. The molecular weight excluding hydrogens is 254 g/mol. The van der Waals surface area contributed by atoms with E-state index in [9.17, 15) is 9.90 Å². The van der Waals surface area contributed by atoms with Gasteiger partial charge in [0, 0.05) is 18.7 Å². The molecule has 0 aromatic carbocycles. The highest BCUT2D eigenvalue weighted by Crippen LogP contribution is 2.38. The first-order chi connectivity index (χ1) is 9.22. The number of methoxy groups -OCH3 is 1. The Morgan fingerprint density at radius 1 is 1.35 bits per heavy atom. The molecule has 1 fully saturated rings. The van der Waals surface area contributed by atoms with Crippen molar-refractivity contribution >= 4 is 5.97 Å². The van der Waals surface area contributed by atoms with E-state index in [1.54, 1.807) is 7.11 Å². The number of carboxylic acid groups (broad SMARTS) is 1. The van der Waals surface area contributed by atoms with Crippen LogP contribution in [0.5, 0.6) is 0 Å². The third-order valence-electron chi connectivity index (χ3n) is 5.01. The maximum absolute atomic E-state index is 11.3. The lowest BCUT2D eigenvalue weighted by atomic mass is 9.77. The van der Waals surface area contributed by atoms with Gasteiger partial charge in [-0.1, -0.05) is 19.3 Å². The van der Waals surface area contributed by atoms with Gasteiger partial charge in [-0.25, -0.2) is 0 Å². The third kappa shape index (κ3) is 4.45. The largest absolute Gasteiger partial charge is 0.481 e. The van der Waals surface area contributed by atoms with Crippen molar-refractivity contribution in [1.29, 1.82) is 0 Å². The summed E-state index contributed by atoms with van der Waals surface area (Å²) in [7, 11) is 3.82. The second-order valence-corrected chi connectivity index (χ2v) is 6.98. The Hall–Kier alpha value is -0.610. The minimum Gasteiger partial charge on any atom is -0.481 e. The van der Waals surface area contributed by atoms with Crippen LogP contribution in [0.15, 0.2) is 0 Å². The van der Waals surface area contributed by atoms with Gasteiger partial charge in [-0.2, -0.15) is 0 Å². The summed E-state index contributed by atoms with van der Waals surface area (Å²) in [5.41, 5.74) is -0.347. The lowest BCUT2D eigenvalue weighted by Gasteiger charge is -2.48. The van der Waals surface area contributed by atoms with Crippen LogP contribution < -0.4 is 0 Å². The minimum atomic E-state index is -0.683. The van der Waals surface area contributed by atoms with Crippen molar-refractivity contribution in [3.63, 3.8) is 0 Å². The van der Waals surface area contributed by atoms with Crippen molar-refractivity contribution < 1.29 is 14.6 Å². The third-order valence-corrected chi connectivity index (χ3v) is 5.01. The van der Waals surface area contributed by atoms with E-state index >= 15 is 0 Å². The van der Waals surface area contributed by atoms with Crippen LogP contribution in [0.3, 0.4) is 0 Å². The first-order valence-electron chi connectivity index (χ1n) is 7.72. The summed E-state index contributed by atoms with van der Waals surface area (Å²) in [6, 6.07) is 0.308. The average Bonchev–Trinajstić information content (AvgIpc) is 2.37. The molecule has 1 unspecified atom stereocenters. The molecule has 0 radical (unpaired) electrons. The second-order valence-electron chi connectivity index (χ2n) is 6.98. The van der Waals surface area contributed by atoms with Crippen LogP contribution in [0.1, 0.15) is 65.7 Å². The van der Waals surface area contributed by atoms with Gasteiger partial charge in [0.05, 0.1) is 12.0 Å². The first-order valence-corrected chi connectivity index (χ1v) is 7.72. The van der Waals surface area contributed by atoms with Crippen LogP contribution in [0.2, 0.25) is 0 Å². The smallest absolute Gasteiger partial charge is 0.305 e. The Kier molecular flexibility index (Phi) is 6.02. The molecule has 0 bridgehead atoms. The fraction of sp³-hybridized carbons (Fsp3) is 0.938. The zero-order valence-corrected chi connectivity index (χ0v) is 13.7. The van der Waals surface area contributed by atoms with E-state index in [1.165, 1.54) is 6.42 Å². The summed E-state index contributed by atoms with van der Waals surface area (Å²) in [6.07, 6.45) is 6.65. The summed E-state index contributed by atoms with van der Waals surface area (Å²) in [5.74, 6) is -0.683. The Morgan fingerprint density at radius 2 is 1.90 bits per heavy atom. The van der Waals surface area contributed by atoms with Crippen molar-refractivity contribution in [3.05, 3.63) is 0 Å². The SMILES string of the molecule is COC(C)(C)CC(C)N(C)C1(CC(=O)O)CCCCC1. The Balaban J connectivity index is 2.81. The fourth-order valence-corrected chi connectivity index (χ4v) is 3.54. The van der Waals surface area contributed by atoms with E-state index < -0.39 is 5.97 Å². The molecule has 1 aliphatic rings. The highest BCUT2D eigenvalue weighted by atomic mass is 16.5. The molecule has 0 saturated heterocycles. The average molecular weight is 285 g/mol. The molecule has 0 amide bonds. The number of carbonyl (C=O) groups is 1. The van der Waals surface area contributed by atoms with E-state index in [2.05, 4.69) is 32.7 Å². The highest BCUT2D eigenvalue weighted by Gasteiger charge is 2.40. The predicted molar refractivity (Wildman–Crippen MR) is 81.0 cm³/mol. The molecule has 0 heterocycles. The van der Waals surface area contributed by atoms with Gasteiger partial charge in [-0.05, 0) is 47.1 Å². The minimum absolute atomic E-state index is 0.173. The summed E-state index contributed by atoms with van der Waals surface area (Å²) in [6.45, 7) is 6.35. The van der Waals surface area contributed by atoms with Crippen molar-refractivity contribution in [3.8, 4) is 0 Å². The number of hydrogen-bond donors (Lipinski definition) is 1. The van der Waals surface area contributed by atoms with Crippen LogP contribution in [0.25, 0.3) is 0 Å². The molecule has 0 aromatic heterocycles. The monoisotopic (exact) mass is 285 g/mol. The molecule has 0 aliphatic heterocycles. The van der Waals surface area contributed by atoms with Gasteiger partial charge in [0.15, 0.2) is 0 Å².